The van der Waals surface area contributed by atoms with Crippen LogP contribution < -0.4 is 10.6 Å². The maximum atomic E-state index is 13.6. The van der Waals surface area contributed by atoms with E-state index < -0.39 is 11.6 Å². The van der Waals surface area contributed by atoms with Crippen molar-refractivity contribution in [1.82, 2.24) is 10.6 Å². The molecule has 26 heavy (non-hydrogen) atoms. The number of hydrogen-bond donors (Lipinski definition) is 2. The van der Waals surface area contributed by atoms with Gasteiger partial charge in [0, 0.05) is 24.9 Å². The molecular formula is C20H30F2N2O2. The molecule has 1 aromatic carbocycles. The van der Waals surface area contributed by atoms with Crippen molar-refractivity contribution in [2.45, 2.75) is 58.1 Å². The van der Waals surface area contributed by atoms with E-state index in [4.69, 9.17) is 4.74 Å². The number of amides is 1. The summed E-state index contributed by atoms with van der Waals surface area (Å²) >= 11 is 0. The van der Waals surface area contributed by atoms with Crippen LogP contribution in [0.4, 0.5) is 8.78 Å². The number of halogens is 2. The molecule has 3 atom stereocenters. The third-order valence-electron chi connectivity index (χ3n) is 4.74. The molecule has 1 amide bonds. The first-order valence-electron chi connectivity index (χ1n) is 9.43. The number of carbonyl (C=O) groups excluding carboxylic acids is 1. The number of hydrogen-bond acceptors (Lipinski definition) is 3. The summed E-state index contributed by atoms with van der Waals surface area (Å²) in [5, 5.41) is 6.27. The molecule has 1 aromatic rings. The number of piperidine rings is 1. The monoisotopic (exact) mass is 368 g/mol. The molecule has 3 unspecified atom stereocenters. The zero-order valence-electron chi connectivity index (χ0n) is 15.9. The van der Waals surface area contributed by atoms with Gasteiger partial charge in [-0.2, -0.15) is 0 Å². The van der Waals surface area contributed by atoms with Crippen LogP contribution in [0.1, 0.15) is 51.5 Å². The second kappa shape index (κ2) is 9.97. The number of carbonyl (C=O) groups is 1. The summed E-state index contributed by atoms with van der Waals surface area (Å²) in [6.07, 6.45) is 2.15. The second-order valence-corrected chi connectivity index (χ2v) is 7.51. The number of rotatable bonds is 8. The summed E-state index contributed by atoms with van der Waals surface area (Å²) in [4.78, 5) is 12.3. The maximum Gasteiger partial charge on any atom is 0.222 e. The summed E-state index contributed by atoms with van der Waals surface area (Å²) in [5.74, 6) is -1.25. The molecule has 0 radical (unpaired) electrons. The third kappa shape index (κ3) is 6.32. The molecule has 1 saturated heterocycles. The van der Waals surface area contributed by atoms with Gasteiger partial charge in [0.1, 0.15) is 0 Å². The number of ether oxygens (including phenoxy) is 1. The van der Waals surface area contributed by atoms with E-state index in [2.05, 4.69) is 24.5 Å². The van der Waals surface area contributed by atoms with Crippen LogP contribution in [0.5, 0.6) is 0 Å². The Morgan fingerprint density at radius 2 is 2.08 bits per heavy atom. The summed E-state index contributed by atoms with van der Waals surface area (Å²) in [5.41, 5.74) is 0.720. The fraction of sp³-hybridized carbons (Fsp3) is 0.650. The lowest BCUT2D eigenvalue weighted by Gasteiger charge is -2.33. The highest BCUT2D eigenvalue weighted by atomic mass is 19.2. The second-order valence-electron chi connectivity index (χ2n) is 7.51. The minimum Gasteiger partial charge on any atom is -0.378 e. The van der Waals surface area contributed by atoms with Crippen LogP contribution in [-0.4, -0.2) is 37.7 Å². The SMILES string of the molecule is CC(C)CC(C)OCCC(=O)NC1CNCCC1c1ccc(F)c(F)c1. The Balaban J connectivity index is 1.87. The lowest BCUT2D eigenvalue weighted by atomic mass is 9.86. The van der Waals surface area contributed by atoms with Gasteiger partial charge in [-0.15, -0.1) is 0 Å². The van der Waals surface area contributed by atoms with E-state index in [1.807, 2.05) is 6.92 Å². The Morgan fingerprint density at radius 1 is 1.31 bits per heavy atom. The van der Waals surface area contributed by atoms with Gasteiger partial charge in [0.2, 0.25) is 5.91 Å². The van der Waals surface area contributed by atoms with Gasteiger partial charge in [-0.05, 0) is 49.9 Å². The van der Waals surface area contributed by atoms with Crippen molar-refractivity contribution >= 4 is 5.91 Å². The quantitative estimate of drug-likeness (QED) is 0.740. The lowest BCUT2D eigenvalue weighted by Crippen LogP contribution is -2.50. The first kappa shape index (κ1) is 20.8. The Labute approximate surface area is 154 Å². The largest absolute Gasteiger partial charge is 0.378 e. The van der Waals surface area contributed by atoms with Gasteiger partial charge in [0.05, 0.1) is 12.7 Å². The molecule has 0 spiro atoms. The molecule has 146 valence electrons. The average molecular weight is 368 g/mol. The molecule has 1 aliphatic rings. The van der Waals surface area contributed by atoms with Crippen molar-refractivity contribution in [2.24, 2.45) is 5.92 Å². The van der Waals surface area contributed by atoms with Gasteiger partial charge in [0.15, 0.2) is 11.6 Å². The highest BCUT2D eigenvalue weighted by Crippen LogP contribution is 2.27. The van der Waals surface area contributed by atoms with Gasteiger partial charge in [-0.3, -0.25) is 4.79 Å². The maximum absolute atomic E-state index is 13.6. The van der Waals surface area contributed by atoms with Gasteiger partial charge in [0.25, 0.3) is 0 Å². The average Bonchev–Trinajstić information content (AvgIpc) is 2.57. The van der Waals surface area contributed by atoms with E-state index in [1.54, 1.807) is 6.07 Å². The normalized spacial score (nSPS) is 21.6. The minimum atomic E-state index is -0.851. The standard InChI is InChI=1S/C20H30F2N2O2/c1-13(2)10-14(3)26-9-7-20(25)24-19-12-23-8-6-16(19)15-4-5-17(21)18(22)11-15/h4-5,11,13-14,16,19,23H,6-10,12H2,1-3H3,(H,24,25). The van der Waals surface area contributed by atoms with Crippen molar-refractivity contribution in [3.8, 4) is 0 Å². The topological polar surface area (TPSA) is 50.4 Å². The summed E-state index contributed by atoms with van der Waals surface area (Å²) in [7, 11) is 0. The summed E-state index contributed by atoms with van der Waals surface area (Å²) in [6.45, 7) is 8.08. The Bertz CT molecular complexity index is 595. The van der Waals surface area contributed by atoms with Crippen molar-refractivity contribution < 1.29 is 18.3 Å². The molecule has 2 N–H and O–H groups in total. The summed E-state index contributed by atoms with van der Waals surface area (Å²) < 4.78 is 32.4. The molecule has 0 aliphatic carbocycles. The van der Waals surface area contributed by atoms with Gasteiger partial charge < -0.3 is 15.4 Å². The predicted octanol–water partition coefficient (Wildman–Crippen LogP) is 3.37. The van der Waals surface area contributed by atoms with Crippen molar-refractivity contribution in [1.29, 1.82) is 0 Å². The molecule has 6 heteroatoms. The Hall–Kier alpha value is -1.53. The minimum absolute atomic E-state index is 0.0314. The molecule has 1 aliphatic heterocycles. The smallest absolute Gasteiger partial charge is 0.222 e. The molecule has 4 nitrogen and oxygen atoms in total. The van der Waals surface area contributed by atoms with E-state index in [9.17, 15) is 13.6 Å². The van der Waals surface area contributed by atoms with Crippen molar-refractivity contribution in [3.05, 3.63) is 35.4 Å². The molecular weight excluding hydrogens is 338 g/mol. The fourth-order valence-corrected chi connectivity index (χ4v) is 3.52. The van der Waals surface area contributed by atoms with Crippen LogP contribution in [0.3, 0.4) is 0 Å². The molecule has 0 bridgehead atoms. The van der Waals surface area contributed by atoms with E-state index >= 15 is 0 Å². The predicted molar refractivity (Wildman–Crippen MR) is 98.0 cm³/mol. The van der Waals surface area contributed by atoms with Crippen molar-refractivity contribution in [2.75, 3.05) is 19.7 Å². The molecule has 1 fully saturated rings. The van der Waals surface area contributed by atoms with Crippen LogP contribution in [0.25, 0.3) is 0 Å². The molecule has 0 saturated carbocycles. The van der Waals surface area contributed by atoms with Crippen LogP contribution in [0.2, 0.25) is 0 Å². The lowest BCUT2D eigenvalue weighted by molar-refractivity contribution is -0.123. The first-order chi connectivity index (χ1) is 12.4. The van der Waals surface area contributed by atoms with E-state index in [0.29, 0.717) is 25.5 Å². The summed E-state index contributed by atoms with van der Waals surface area (Å²) in [6, 6.07) is 3.84. The zero-order chi connectivity index (χ0) is 19.1. The molecule has 2 rings (SSSR count). The van der Waals surface area contributed by atoms with E-state index in [-0.39, 0.29) is 24.0 Å². The first-order valence-corrected chi connectivity index (χ1v) is 9.43. The number of nitrogens with one attached hydrogen (secondary N) is 2. The Kier molecular flexibility index (Phi) is 7.97. The van der Waals surface area contributed by atoms with E-state index in [0.717, 1.165) is 31.0 Å². The van der Waals surface area contributed by atoms with Gasteiger partial charge in [-0.1, -0.05) is 19.9 Å². The number of benzene rings is 1. The van der Waals surface area contributed by atoms with Crippen LogP contribution in [0.15, 0.2) is 18.2 Å². The highest BCUT2D eigenvalue weighted by molar-refractivity contribution is 5.76. The molecule has 1 heterocycles. The highest BCUT2D eigenvalue weighted by Gasteiger charge is 2.28. The van der Waals surface area contributed by atoms with Crippen LogP contribution >= 0.6 is 0 Å². The molecule has 0 aromatic heterocycles. The Morgan fingerprint density at radius 3 is 2.77 bits per heavy atom. The van der Waals surface area contributed by atoms with Gasteiger partial charge in [-0.25, -0.2) is 8.78 Å². The zero-order valence-corrected chi connectivity index (χ0v) is 15.9. The van der Waals surface area contributed by atoms with Crippen LogP contribution in [-0.2, 0) is 9.53 Å². The fourth-order valence-electron chi connectivity index (χ4n) is 3.52. The van der Waals surface area contributed by atoms with Crippen LogP contribution in [0, 0.1) is 17.6 Å². The van der Waals surface area contributed by atoms with Gasteiger partial charge >= 0.3 is 0 Å². The van der Waals surface area contributed by atoms with E-state index in [1.165, 1.54) is 6.07 Å². The third-order valence-corrected chi connectivity index (χ3v) is 4.74. The van der Waals surface area contributed by atoms with Crippen molar-refractivity contribution in [3.63, 3.8) is 0 Å².